The van der Waals surface area contributed by atoms with Gasteiger partial charge in [0, 0.05) is 0 Å². The van der Waals surface area contributed by atoms with Crippen molar-refractivity contribution < 1.29 is 0 Å². The highest BCUT2D eigenvalue weighted by atomic mass is 14.9. The van der Waals surface area contributed by atoms with Crippen LogP contribution in [0.3, 0.4) is 0 Å². The maximum atomic E-state index is 6.51. The lowest BCUT2D eigenvalue weighted by molar-refractivity contribution is 1.07. The van der Waals surface area contributed by atoms with Crippen molar-refractivity contribution in [3.63, 3.8) is 0 Å². The fourth-order valence-electron chi connectivity index (χ4n) is 0.467. The molecular formula is C7H12N2. The second-order valence-corrected chi connectivity index (χ2v) is 1.90. The number of rotatable bonds is 3. The van der Waals surface area contributed by atoms with E-state index in [0.29, 0.717) is 0 Å². The lowest BCUT2D eigenvalue weighted by Crippen LogP contribution is -1.78. The summed E-state index contributed by atoms with van der Waals surface area (Å²) in [6, 6.07) is 0. The molecular weight excluding hydrogens is 112 g/mol. The van der Waals surface area contributed by atoms with E-state index in [2.05, 4.69) is 11.7 Å². The van der Waals surface area contributed by atoms with Crippen LogP contribution >= 0.6 is 0 Å². The lowest BCUT2D eigenvalue weighted by Gasteiger charge is -1.97. The predicted octanol–water partition coefficient (Wildman–Crippen LogP) is 2.89. The Bertz CT molecular complexity index is 145. The zero-order chi connectivity index (χ0) is 7.28. The quantitative estimate of drug-likeness (QED) is 0.443. The second-order valence-electron chi connectivity index (χ2n) is 1.90. The SMILES string of the molecule is C=C(CC)/C(C)=C\N=N. The lowest BCUT2D eigenvalue weighted by atomic mass is 10.1. The molecule has 0 bridgehead atoms. The molecule has 2 nitrogen and oxygen atoms in total. The Labute approximate surface area is 55.8 Å². The summed E-state index contributed by atoms with van der Waals surface area (Å²) in [5.74, 6) is 0. The molecule has 50 valence electrons. The number of hydrogen-bond acceptors (Lipinski definition) is 2. The molecule has 0 fully saturated rings. The van der Waals surface area contributed by atoms with Crippen molar-refractivity contribution in [2.75, 3.05) is 0 Å². The highest BCUT2D eigenvalue weighted by molar-refractivity contribution is 5.24. The number of hydrogen-bond donors (Lipinski definition) is 1. The molecule has 0 spiro atoms. The largest absolute Gasteiger partial charge is 0.205 e. The van der Waals surface area contributed by atoms with E-state index in [1.165, 1.54) is 6.20 Å². The number of nitrogens with one attached hydrogen (secondary N) is 1. The van der Waals surface area contributed by atoms with E-state index >= 15 is 0 Å². The molecule has 0 aromatic carbocycles. The minimum atomic E-state index is 0.928. The summed E-state index contributed by atoms with van der Waals surface area (Å²) in [6.45, 7) is 7.72. The Morgan fingerprint density at radius 1 is 1.78 bits per heavy atom. The van der Waals surface area contributed by atoms with Crippen molar-refractivity contribution in [1.82, 2.24) is 0 Å². The van der Waals surface area contributed by atoms with Gasteiger partial charge in [-0.05, 0) is 18.9 Å². The summed E-state index contributed by atoms with van der Waals surface area (Å²) in [7, 11) is 0. The molecule has 0 saturated carbocycles. The molecule has 2 heteroatoms. The van der Waals surface area contributed by atoms with E-state index in [9.17, 15) is 0 Å². The van der Waals surface area contributed by atoms with Gasteiger partial charge in [-0.3, -0.25) is 0 Å². The predicted molar refractivity (Wildman–Crippen MR) is 38.3 cm³/mol. The fraction of sp³-hybridized carbons (Fsp3) is 0.429. The Balaban J connectivity index is 4.01. The third-order valence-corrected chi connectivity index (χ3v) is 1.24. The Hall–Kier alpha value is -0.920. The van der Waals surface area contributed by atoms with Crippen LogP contribution in [0, 0.1) is 5.53 Å². The Kier molecular flexibility index (Phi) is 3.60. The average molecular weight is 124 g/mol. The average Bonchev–Trinajstić information content (AvgIpc) is 1.87. The van der Waals surface area contributed by atoms with Gasteiger partial charge in [0.25, 0.3) is 0 Å². The van der Waals surface area contributed by atoms with Crippen molar-refractivity contribution in [3.8, 4) is 0 Å². The first-order valence-corrected chi connectivity index (χ1v) is 2.93. The van der Waals surface area contributed by atoms with Gasteiger partial charge in [-0.15, -0.1) is 0 Å². The van der Waals surface area contributed by atoms with Crippen molar-refractivity contribution in [1.29, 1.82) is 5.53 Å². The molecule has 0 aromatic rings. The van der Waals surface area contributed by atoms with E-state index in [1.54, 1.807) is 0 Å². The second kappa shape index (κ2) is 4.01. The molecule has 0 heterocycles. The maximum Gasteiger partial charge on any atom is 0.0520 e. The maximum absolute atomic E-state index is 6.51. The molecule has 0 amide bonds. The molecule has 0 unspecified atom stereocenters. The minimum Gasteiger partial charge on any atom is -0.205 e. The van der Waals surface area contributed by atoms with Crippen LogP contribution in [0.5, 0.6) is 0 Å². The topological polar surface area (TPSA) is 36.2 Å². The van der Waals surface area contributed by atoms with Gasteiger partial charge in [0.2, 0.25) is 0 Å². The third kappa shape index (κ3) is 2.80. The molecule has 9 heavy (non-hydrogen) atoms. The van der Waals surface area contributed by atoms with Crippen LogP contribution in [0.1, 0.15) is 20.3 Å². The smallest absolute Gasteiger partial charge is 0.0520 e. The summed E-state index contributed by atoms with van der Waals surface area (Å²) in [5.41, 5.74) is 8.55. The summed E-state index contributed by atoms with van der Waals surface area (Å²) >= 11 is 0. The first-order valence-electron chi connectivity index (χ1n) is 2.93. The van der Waals surface area contributed by atoms with Crippen LogP contribution in [-0.2, 0) is 0 Å². The first kappa shape index (κ1) is 8.08. The van der Waals surface area contributed by atoms with Crippen molar-refractivity contribution >= 4 is 0 Å². The highest BCUT2D eigenvalue weighted by Crippen LogP contribution is 2.09. The molecule has 0 aromatic heterocycles. The van der Waals surface area contributed by atoms with Crippen molar-refractivity contribution in [3.05, 3.63) is 23.9 Å². The van der Waals surface area contributed by atoms with E-state index in [4.69, 9.17) is 5.53 Å². The van der Waals surface area contributed by atoms with Gasteiger partial charge in [-0.1, -0.05) is 19.1 Å². The fourth-order valence-corrected chi connectivity index (χ4v) is 0.467. The van der Waals surface area contributed by atoms with Crippen molar-refractivity contribution in [2.45, 2.75) is 20.3 Å². The van der Waals surface area contributed by atoms with Gasteiger partial charge in [0.15, 0.2) is 0 Å². The van der Waals surface area contributed by atoms with Crippen LogP contribution in [-0.4, -0.2) is 0 Å². The van der Waals surface area contributed by atoms with Crippen molar-refractivity contribution in [2.24, 2.45) is 5.11 Å². The molecule has 0 aliphatic heterocycles. The first-order chi connectivity index (χ1) is 4.22. The van der Waals surface area contributed by atoms with Gasteiger partial charge in [0.05, 0.1) is 6.20 Å². The normalized spacial score (nSPS) is 11.1. The molecule has 1 N–H and O–H groups in total. The van der Waals surface area contributed by atoms with E-state index < -0.39 is 0 Å². The Morgan fingerprint density at radius 3 is 2.67 bits per heavy atom. The standard InChI is InChI=1S/C7H12N2/c1-4-6(2)7(3)5-9-8/h5,8H,2,4H2,1,3H3/b7-5-,9-8?. The van der Waals surface area contributed by atoms with Crippen LogP contribution < -0.4 is 0 Å². The van der Waals surface area contributed by atoms with Crippen LogP contribution in [0.2, 0.25) is 0 Å². The molecule has 0 saturated heterocycles. The van der Waals surface area contributed by atoms with Gasteiger partial charge in [-0.2, -0.15) is 5.11 Å². The van der Waals surface area contributed by atoms with Gasteiger partial charge >= 0.3 is 0 Å². The molecule has 0 aliphatic rings. The van der Waals surface area contributed by atoms with E-state index in [-0.39, 0.29) is 0 Å². The Morgan fingerprint density at radius 2 is 2.33 bits per heavy atom. The number of allylic oxidation sites excluding steroid dienone is 2. The zero-order valence-corrected chi connectivity index (χ0v) is 5.94. The highest BCUT2D eigenvalue weighted by Gasteiger charge is 1.90. The van der Waals surface area contributed by atoms with Crippen LogP contribution in [0.25, 0.3) is 0 Å². The summed E-state index contributed by atoms with van der Waals surface area (Å²) < 4.78 is 0. The van der Waals surface area contributed by atoms with Crippen LogP contribution in [0.4, 0.5) is 0 Å². The minimum absolute atomic E-state index is 0.928. The monoisotopic (exact) mass is 124 g/mol. The summed E-state index contributed by atoms with van der Waals surface area (Å²) in [6.07, 6.45) is 2.43. The summed E-state index contributed by atoms with van der Waals surface area (Å²) in [4.78, 5) is 0. The zero-order valence-electron chi connectivity index (χ0n) is 5.94. The van der Waals surface area contributed by atoms with Gasteiger partial charge < -0.3 is 0 Å². The van der Waals surface area contributed by atoms with E-state index in [0.717, 1.165) is 17.6 Å². The summed E-state index contributed by atoms with van der Waals surface area (Å²) in [5, 5.41) is 3.13. The third-order valence-electron chi connectivity index (χ3n) is 1.24. The number of nitrogens with zero attached hydrogens (tertiary/aromatic N) is 1. The molecule has 0 rings (SSSR count). The van der Waals surface area contributed by atoms with Gasteiger partial charge in [0.1, 0.15) is 0 Å². The molecule has 0 atom stereocenters. The molecule has 0 radical (unpaired) electrons. The van der Waals surface area contributed by atoms with Gasteiger partial charge in [-0.25, -0.2) is 5.53 Å². The van der Waals surface area contributed by atoms with Crippen LogP contribution in [0.15, 0.2) is 29.0 Å². The molecule has 0 aliphatic carbocycles. The van der Waals surface area contributed by atoms with E-state index in [1.807, 2.05) is 13.8 Å².